The molecule has 4 aromatic rings. The number of nitrogens with zero attached hydrogens (tertiary/aromatic N) is 3. The Morgan fingerprint density at radius 3 is 2.50 bits per heavy atom. The summed E-state index contributed by atoms with van der Waals surface area (Å²) in [5, 5.41) is 5.48. The molecule has 0 aliphatic carbocycles. The van der Waals surface area contributed by atoms with Crippen LogP contribution in [0.4, 0.5) is 0 Å². The lowest BCUT2D eigenvalue weighted by molar-refractivity contribution is 0.224. The summed E-state index contributed by atoms with van der Waals surface area (Å²) in [7, 11) is 1.66. The third-order valence-electron chi connectivity index (χ3n) is 6.32. The molecule has 0 saturated heterocycles. The van der Waals surface area contributed by atoms with Crippen molar-refractivity contribution < 1.29 is 14.2 Å². The third kappa shape index (κ3) is 5.88. The molecule has 0 fully saturated rings. The van der Waals surface area contributed by atoms with Crippen LogP contribution in [0.3, 0.4) is 0 Å². The van der Waals surface area contributed by atoms with E-state index in [0.717, 1.165) is 22.4 Å². The summed E-state index contributed by atoms with van der Waals surface area (Å²) in [6.07, 6.45) is 1.47. The van der Waals surface area contributed by atoms with Crippen molar-refractivity contribution >= 4 is 44.6 Å². The highest BCUT2D eigenvalue weighted by molar-refractivity contribution is 9.10. The molecular formula is C31H33BrClN3O4. The highest BCUT2D eigenvalue weighted by atomic mass is 79.9. The number of fused-ring (bicyclic) bond motifs is 1. The van der Waals surface area contributed by atoms with E-state index in [1.54, 1.807) is 25.5 Å². The van der Waals surface area contributed by atoms with Crippen LogP contribution in [-0.2, 0) is 0 Å². The molecular weight excluding hydrogens is 594 g/mol. The first-order valence-corrected chi connectivity index (χ1v) is 14.3. The zero-order chi connectivity index (χ0) is 29.1. The molecule has 0 aliphatic rings. The summed E-state index contributed by atoms with van der Waals surface area (Å²) in [6.45, 7) is 12.3. The molecule has 4 rings (SSSR count). The number of para-hydroxylation sites is 1. The van der Waals surface area contributed by atoms with Crippen LogP contribution in [-0.4, -0.2) is 35.7 Å². The molecule has 0 amide bonds. The number of halogens is 2. The lowest BCUT2D eigenvalue weighted by atomic mass is 9.96. The molecule has 9 heteroatoms. The van der Waals surface area contributed by atoms with E-state index >= 15 is 0 Å². The van der Waals surface area contributed by atoms with Crippen LogP contribution < -0.4 is 19.8 Å². The largest absolute Gasteiger partial charge is 0.496 e. The minimum absolute atomic E-state index is 0.101. The number of benzene rings is 3. The van der Waals surface area contributed by atoms with E-state index in [9.17, 15) is 4.79 Å². The van der Waals surface area contributed by atoms with Gasteiger partial charge in [0, 0.05) is 15.6 Å². The molecule has 0 radical (unpaired) electrons. The maximum atomic E-state index is 13.8. The molecule has 0 aliphatic heterocycles. The van der Waals surface area contributed by atoms with Gasteiger partial charge in [-0.1, -0.05) is 37.6 Å². The molecule has 0 spiro atoms. The van der Waals surface area contributed by atoms with Crippen LogP contribution in [0, 0.1) is 6.92 Å². The van der Waals surface area contributed by atoms with Gasteiger partial charge in [0.25, 0.3) is 5.56 Å². The highest BCUT2D eigenvalue weighted by Crippen LogP contribution is 2.43. The van der Waals surface area contributed by atoms with E-state index < -0.39 is 0 Å². The number of hydrogen-bond acceptors (Lipinski definition) is 6. The zero-order valence-electron chi connectivity index (χ0n) is 23.7. The lowest BCUT2D eigenvalue weighted by Crippen LogP contribution is -2.21. The average Bonchev–Trinajstić information content (AvgIpc) is 2.92. The van der Waals surface area contributed by atoms with E-state index in [2.05, 4.69) is 34.9 Å². The number of aryl methyl sites for hydroxylation is 1. The second kappa shape index (κ2) is 12.4. The molecule has 0 saturated carbocycles. The minimum atomic E-state index is -0.287. The Morgan fingerprint density at radius 2 is 1.85 bits per heavy atom. The molecule has 40 heavy (non-hydrogen) atoms. The maximum absolute atomic E-state index is 13.8. The fourth-order valence-corrected chi connectivity index (χ4v) is 5.04. The van der Waals surface area contributed by atoms with Crippen LogP contribution >= 0.6 is 27.5 Å². The van der Waals surface area contributed by atoms with Crippen molar-refractivity contribution in [2.24, 2.45) is 5.10 Å². The van der Waals surface area contributed by atoms with Crippen molar-refractivity contribution in [2.75, 3.05) is 13.7 Å². The summed E-state index contributed by atoms with van der Waals surface area (Å²) in [6, 6.07) is 13.0. The van der Waals surface area contributed by atoms with Gasteiger partial charge in [-0.3, -0.25) is 4.79 Å². The van der Waals surface area contributed by atoms with Crippen LogP contribution in [0.1, 0.15) is 57.2 Å². The molecule has 0 N–H and O–H groups in total. The Morgan fingerprint density at radius 1 is 1.12 bits per heavy atom. The van der Waals surface area contributed by atoms with Gasteiger partial charge in [-0.25, -0.2) is 4.98 Å². The van der Waals surface area contributed by atoms with Crippen LogP contribution in [0.5, 0.6) is 17.2 Å². The molecule has 1 heterocycles. The predicted octanol–water partition coefficient (Wildman–Crippen LogP) is 7.99. The minimum Gasteiger partial charge on any atom is -0.496 e. The Labute approximate surface area is 247 Å². The number of aromatic nitrogens is 2. The average molecular weight is 627 g/mol. The molecule has 7 nitrogen and oxygen atoms in total. The summed E-state index contributed by atoms with van der Waals surface area (Å²) in [5.74, 6) is 2.35. The van der Waals surface area contributed by atoms with Gasteiger partial charge in [0.1, 0.15) is 10.8 Å². The molecule has 0 unspecified atom stereocenters. The van der Waals surface area contributed by atoms with Gasteiger partial charge in [-0.15, -0.1) is 0 Å². The Bertz CT molecular complexity index is 1650. The zero-order valence-corrected chi connectivity index (χ0v) is 26.1. The summed E-state index contributed by atoms with van der Waals surface area (Å²) >= 11 is 10.3. The predicted molar refractivity (Wildman–Crippen MR) is 166 cm³/mol. The van der Waals surface area contributed by atoms with Gasteiger partial charge in [0.2, 0.25) is 0 Å². The molecule has 1 aromatic heterocycles. The first-order valence-electron chi connectivity index (χ1n) is 13.1. The second-order valence-electron chi connectivity index (χ2n) is 9.90. The molecule has 210 valence electrons. The van der Waals surface area contributed by atoms with E-state index in [0.29, 0.717) is 49.9 Å². The third-order valence-corrected chi connectivity index (χ3v) is 7.76. The number of ether oxygens (including phenoxy) is 3. The lowest BCUT2D eigenvalue weighted by Gasteiger charge is -2.18. The van der Waals surface area contributed by atoms with Crippen molar-refractivity contribution in [3.8, 4) is 28.6 Å². The van der Waals surface area contributed by atoms with Crippen molar-refractivity contribution in [2.45, 2.75) is 53.6 Å². The maximum Gasteiger partial charge on any atom is 0.282 e. The van der Waals surface area contributed by atoms with Crippen molar-refractivity contribution in [3.05, 3.63) is 79.0 Å². The number of rotatable bonds is 9. The van der Waals surface area contributed by atoms with Crippen molar-refractivity contribution in [3.63, 3.8) is 0 Å². The van der Waals surface area contributed by atoms with Gasteiger partial charge >= 0.3 is 0 Å². The molecule has 0 atom stereocenters. The van der Waals surface area contributed by atoms with Gasteiger partial charge < -0.3 is 14.2 Å². The monoisotopic (exact) mass is 625 g/mol. The van der Waals surface area contributed by atoms with Crippen LogP contribution in [0.15, 0.2) is 56.8 Å². The van der Waals surface area contributed by atoms with Crippen molar-refractivity contribution in [1.29, 1.82) is 0 Å². The second-order valence-corrected chi connectivity index (χ2v) is 11.1. The standard InChI is InChI=1S/C31H33BrClN3O4/c1-8-39-26-14-20(27(32)28(33)29(26)40-18(4)5)16-34-36-30(35-24-12-10-9-11-21(24)31(36)37)23-15-22(17(2)3)25(38-7)13-19(23)6/h9-18H,8H2,1-7H3. The smallest absolute Gasteiger partial charge is 0.282 e. The molecule has 3 aromatic carbocycles. The highest BCUT2D eigenvalue weighted by Gasteiger charge is 2.20. The quantitative estimate of drug-likeness (QED) is 0.176. The number of hydrogen-bond donors (Lipinski definition) is 0. The molecule has 0 bridgehead atoms. The summed E-state index contributed by atoms with van der Waals surface area (Å²) < 4.78 is 19.3. The van der Waals surface area contributed by atoms with E-state index in [1.165, 1.54) is 4.68 Å². The van der Waals surface area contributed by atoms with E-state index in [4.69, 9.17) is 30.8 Å². The van der Waals surface area contributed by atoms with E-state index in [1.807, 2.05) is 58.0 Å². The summed E-state index contributed by atoms with van der Waals surface area (Å²) in [4.78, 5) is 18.7. The van der Waals surface area contributed by atoms with Gasteiger partial charge in [0.15, 0.2) is 17.3 Å². The number of methoxy groups -OCH3 is 1. The van der Waals surface area contributed by atoms with Crippen molar-refractivity contribution in [1.82, 2.24) is 9.66 Å². The van der Waals surface area contributed by atoms with Crippen LogP contribution in [0.2, 0.25) is 5.02 Å². The Balaban J connectivity index is 1.97. The first-order chi connectivity index (χ1) is 19.1. The SMILES string of the molecule is CCOc1cc(C=Nn2c(-c3cc(C(C)C)c(OC)cc3C)nc3ccccc3c2=O)c(Br)c(Cl)c1OC(C)C. The van der Waals surface area contributed by atoms with Crippen LogP contribution in [0.25, 0.3) is 22.3 Å². The topological polar surface area (TPSA) is 74.9 Å². The van der Waals surface area contributed by atoms with Gasteiger partial charge in [0.05, 0.1) is 36.9 Å². The van der Waals surface area contributed by atoms with Gasteiger partial charge in [-0.2, -0.15) is 9.78 Å². The fourth-order valence-electron chi connectivity index (χ4n) is 4.40. The summed E-state index contributed by atoms with van der Waals surface area (Å²) in [5.41, 5.74) is 3.63. The fraction of sp³-hybridized carbons (Fsp3) is 0.323. The first kappa shape index (κ1) is 29.6. The van der Waals surface area contributed by atoms with Gasteiger partial charge in [-0.05, 0) is 91.0 Å². The normalized spacial score (nSPS) is 11.7. The van der Waals surface area contributed by atoms with E-state index in [-0.39, 0.29) is 17.6 Å². The Hall–Kier alpha value is -3.36. The Kier molecular flexibility index (Phi) is 9.21.